The molecule has 0 aliphatic rings. The Morgan fingerprint density at radius 3 is 2.67 bits per heavy atom. The predicted octanol–water partition coefficient (Wildman–Crippen LogP) is 1.87. The molecule has 0 saturated carbocycles. The monoisotopic (exact) mass is 295 g/mol. The Morgan fingerprint density at radius 1 is 1.29 bits per heavy atom. The summed E-state index contributed by atoms with van der Waals surface area (Å²) < 4.78 is 10.2. The molecule has 2 N–H and O–H groups in total. The molecule has 0 radical (unpaired) electrons. The van der Waals surface area contributed by atoms with E-state index in [9.17, 15) is 9.59 Å². The van der Waals surface area contributed by atoms with E-state index in [2.05, 4.69) is 5.32 Å². The van der Waals surface area contributed by atoms with E-state index in [4.69, 9.17) is 14.6 Å². The number of anilines is 1. The lowest BCUT2D eigenvalue weighted by Gasteiger charge is -2.10. The average Bonchev–Trinajstić information content (AvgIpc) is 2.46. The summed E-state index contributed by atoms with van der Waals surface area (Å²) in [5.41, 5.74) is 1.19. The summed E-state index contributed by atoms with van der Waals surface area (Å²) in [6.07, 6.45) is 0. The summed E-state index contributed by atoms with van der Waals surface area (Å²) in [7, 11) is 0. The summed E-state index contributed by atoms with van der Waals surface area (Å²) in [5, 5.41) is 11.6. The van der Waals surface area contributed by atoms with Crippen molar-refractivity contribution in [3.05, 3.63) is 29.8 Å². The molecule has 21 heavy (non-hydrogen) atoms. The van der Waals surface area contributed by atoms with E-state index in [0.717, 1.165) is 0 Å². The number of benzene rings is 1. The van der Waals surface area contributed by atoms with Crippen LogP contribution in [0.2, 0.25) is 0 Å². The number of nitrogens with one attached hydrogen (secondary N) is 1. The van der Waals surface area contributed by atoms with Crippen LogP contribution < -0.4 is 5.32 Å². The van der Waals surface area contributed by atoms with Crippen molar-refractivity contribution in [1.29, 1.82) is 0 Å². The highest BCUT2D eigenvalue weighted by Gasteiger charge is 2.14. The fraction of sp³-hybridized carbons (Fsp3) is 0.467. The first kappa shape index (κ1) is 17.1. The molecule has 0 aliphatic carbocycles. The first-order valence-electron chi connectivity index (χ1n) is 6.82. The van der Waals surface area contributed by atoms with Crippen LogP contribution >= 0.6 is 0 Å². The standard InChI is InChI=1S/C15H21NO5/c1-3-20-7-8-21-10-14(17)16-13-6-4-5-12(9-13)11(2)15(18)19/h4-6,9,11H,3,7-8,10H2,1-2H3,(H,16,17)(H,18,19). The summed E-state index contributed by atoms with van der Waals surface area (Å²) >= 11 is 0. The molecular formula is C15H21NO5. The van der Waals surface area contributed by atoms with Crippen LogP contribution in [0.3, 0.4) is 0 Å². The van der Waals surface area contributed by atoms with Gasteiger partial charge in [0, 0.05) is 12.3 Å². The Bertz CT molecular complexity index is 475. The van der Waals surface area contributed by atoms with Gasteiger partial charge in [-0.2, -0.15) is 0 Å². The number of carboxylic acids is 1. The maximum absolute atomic E-state index is 11.7. The van der Waals surface area contributed by atoms with E-state index in [1.54, 1.807) is 31.2 Å². The minimum absolute atomic E-state index is 0.0637. The van der Waals surface area contributed by atoms with Crippen molar-refractivity contribution in [2.75, 3.05) is 31.7 Å². The lowest BCUT2D eigenvalue weighted by atomic mass is 10.0. The van der Waals surface area contributed by atoms with Crippen LogP contribution in [0.4, 0.5) is 5.69 Å². The third kappa shape index (κ3) is 6.37. The largest absolute Gasteiger partial charge is 0.481 e. The van der Waals surface area contributed by atoms with Gasteiger partial charge in [-0.25, -0.2) is 0 Å². The zero-order chi connectivity index (χ0) is 15.7. The molecule has 6 heteroatoms. The van der Waals surface area contributed by atoms with Crippen molar-refractivity contribution in [1.82, 2.24) is 0 Å². The maximum Gasteiger partial charge on any atom is 0.310 e. The van der Waals surface area contributed by atoms with Gasteiger partial charge in [-0.15, -0.1) is 0 Å². The SMILES string of the molecule is CCOCCOCC(=O)Nc1cccc(C(C)C(=O)O)c1. The van der Waals surface area contributed by atoms with Gasteiger partial charge in [-0.05, 0) is 31.5 Å². The quantitative estimate of drug-likeness (QED) is 0.679. The highest BCUT2D eigenvalue weighted by molar-refractivity contribution is 5.92. The number of aliphatic carboxylic acids is 1. The van der Waals surface area contributed by atoms with E-state index in [0.29, 0.717) is 31.1 Å². The van der Waals surface area contributed by atoms with Crippen molar-refractivity contribution in [2.45, 2.75) is 19.8 Å². The first-order valence-corrected chi connectivity index (χ1v) is 6.82. The number of hydrogen-bond acceptors (Lipinski definition) is 4. The molecule has 0 saturated heterocycles. The number of carbonyl (C=O) groups is 2. The molecule has 6 nitrogen and oxygen atoms in total. The molecule has 1 atom stereocenters. The third-order valence-corrected chi connectivity index (χ3v) is 2.85. The van der Waals surface area contributed by atoms with Crippen molar-refractivity contribution in [3.63, 3.8) is 0 Å². The molecule has 1 aromatic rings. The van der Waals surface area contributed by atoms with E-state index >= 15 is 0 Å². The fourth-order valence-corrected chi connectivity index (χ4v) is 1.65. The van der Waals surface area contributed by atoms with E-state index in [1.165, 1.54) is 0 Å². The van der Waals surface area contributed by atoms with Crippen LogP contribution in [-0.2, 0) is 19.1 Å². The Hall–Kier alpha value is -1.92. The highest BCUT2D eigenvalue weighted by Crippen LogP contribution is 2.19. The van der Waals surface area contributed by atoms with Gasteiger partial charge >= 0.3 is 5.97 Å². The molecular weight excluding hydrogens is 274 g/mol. The van der Waals surface area contributed by atoms with Gasteiger partial charge in [-0.3, -0.25) is 9.59 Å². The maximum atomic E-state index is 11.7. The Kier molecular flexibility index (Phi) is 7.42. The molecule has 1 unspecified atom stereocenters. The zero-order valence-electron chi connectivity index (χ0n) is 12.3. The first-order chi connectivity index (χ1) is 10.0. The third-order valence-electron chi connectivity index (χ3n) is 2.85. The Morgan fingerprint density at radius 2 is 2.00 bits per heavy atom. The Balaban J connectivity index is 2.45. The molecule has 1 amide bonds. The fourth-order valence-electron chi connectivity index (χ4n) is 1.65. The normalized spacial score (nSPS) is 11.9. The van der Waals surface area contributed by atoms with Gasteiger partial charge in [0.05, 0.1) is 19.1 Å². The minimum atomic E-state index is -0.905. The summed E-state index contributed by atoms with van der Waals surface area (Å²) in [5.74, 6) is -1.81. The van der Waals surface area contributed by atoms with Crippen LogP contribution in [-0.4, -0.2) is 43.4 Å². The number of rotatable bonds is 9. The van der Waals surface area contributed by atoms with Gasteiger partial charge in [0.2, 0.25) is 5.91 Å². The number of carboxylic acid groups (broad SMARTS) is 1. The lowest BCUT2D eigenvalue weighted by Crippen LogP contribution is -2.20. The summed E-state index contributed by atoms with van der Waals surface area (Å²) in [4.78, 5) is 22.6. The molecule has 0 spiro atoms. The van der Waals surface area contributed by atoms with Gasteiger partial charge < -0.3 is 19.9 Å². The van der Waals surface area contributed by atoms with Crippen LogP contribution in [0.5, 0.6) is 0 Å². The molecule has 1 rings (SSSR count). The number of hydrogen-bond donors (Lipinski definition) is 2. The molecule has 0 fully saturated rings. The van der Waals surface area contributed by atoms with Crippen molar-refractivity contribution >= 4 is 17.6 Å². The molecule has 0 aliphatic heterocycles. The Labute approximate surface area is 124 Å². The molecule has 0 heterocycles. The second-order valence-corrected chi connectivity index (χ2v) is 4.48. The lowest BCUT2D eigenvalue weighted by molar-refractivity contribution is -0.138. The second-order valence-electron chi connectivity index (χ2n) is 4.48. The number of carbonyl (C=O) groups excluding carboxylic acids is 1. The average molecular weight is 295 g/mol. The minimum Gasteiger partial charge on any atom is -0.481 e. The molecule has 1 aromatic carbocycles. The zero-order valence-corrected chi connectivity index (χ0v) is 12.3. The smallest absolute Gasteiger partial charge is 0.310 e. The van der Waals surface area contributed by atoms with Crippen LogP contribution in [0.1, 0.15) is 25.3 Å². The van der Waals surface area contributed by atoms with Gasteiger partial charge in [0.1, 0.15) is 6.61 Å². The molecule has 0 aromatic heterocycles. The summed E-state index contributed by atoms with van der Waals surface area (Å²) in [6, 6.07) is 6.78. The van der Waals surface area contributed by atoms with Crippen LogP contribution in [0.15, 0.2) is 24.3 Å². The van der Waals surface area contributed by atoms with Gasteiger partial charge in [-0.1, -0.05) is 12.1 Å². The highest BCUT2D eigenvalue weighted by atomic mass is 16.5. The predicted molar refractivity (Wildman–Crippen MR) is 78.4 cm³/mol. The van der Waals surface area contributed by atoms with E-state index in [1.807, 2.05) is 6.92 Å². The number of ether oxygens (including phenoxy) is 2. The molecule has 116 valence electrons. The second kappa shape index (κ2) is 9.10. The topological polar surface area (TPSA) is 84.9 Å². The van der Waals surface area contributed by atoms with E-state index < -0.39 is 11.9 Å². The van der Waals surface area contributed by atoms with Gasteiger partial charge in [0.15, 0.2) is 0 Å². The van der Waals surface area contributed by atoms with Crippen LogP contribution in [0, 0.1) is 0 Å². The van der Waals surface area contributed by atoms with E-state index in [-0.39, 0.29) is 12.5 Å². The van der Waals surface area contributed by atoms with Crippen LogP contribution in [0.25, 0.3) is 0 Å². The van der Waals surface area contributed by atoms with Crippen molar-refractivity contribution in [3.8, 4) is 0 Å². The van der Waals surface area contributed by atoms with Crippen molar-refractivity contribution < 1.29 is 24.2 Å². The number of amides is 1. The van der Waals surface area contributed by atoms with Crippen molar-refractivity contribution in [2.24, 2.45) is 0 Å². The van der Waals surface area contributed by atoms with Gasteiger partial charge in [0.25, 0.3) is 0 Å². The molecule has 0 bridgehead atoms. The summed E-state index contributed by atoms with van der Waals surface area (Å²) in [6.45, 7) is 4.85.